The number of rotatable bonds is 2. The Morgan fingerprint density at radius 3 is 2.86 bits per heavy atom. The first-order valence-corrected chi connectivity index (χ1v) is 7.98. The maximum absolute atomic E-state index is 5.97. The summed E-state index contributed by atoms with van der Waals surface area (Å²) in [6.07, 6.45) is 12.0. The fraction of sp³-hybridized carbons (Fsp3) is 0.375. The Morgan fingerprint density at radius 1 is 1.23 bits per heavy atom. The topological polar surface area (TPSA) is 69.9 Å². The average molecular weight is 317 g/mol. The first kappa shape index (κ1) is 13.6. The second kappa shape index (κ2) is 5.32. The van der Waals surface area contributed by atoms with Gasteiger partial charge in [0.2, 0.25) is 0 Å². The molecule has 6 heteroatoms. The van der Waals surface area contributed by atoms with Crippen molar-refractivity contribution >= 4 is 28.4 Å². The van der Waals surface area contributed by atoms with Crippen LogP contribution in [0, 0.1) is 0 Å². The van der Waals surface area contributed by atoms with E-state index in [1.165, 1.54) is 32.1 Å². The van der Waals surface area contributed by atoms with E-state index in [0.29, 0.717) is 22.7 Å². The Kier molecular flexibility index (Phi) is 3.30. The van der Waals surface area contributed by atoms with E-state index in [-0.39, 0.29) is 0 Å². The van der Waals surface area contributed by atoms with E-state index in [2.05, 4.69) is 21.0 Å². The summed E-state index contributed by atoms with van der Waals surface area (Å²) >= 11 is 5.97. The normalized spacial score (nSPS) is 16.4. The van der Waals surface area contributed by atoms with Gasteiger partial charge in [0.25, 0.3) is 0 Å². The number of aromatic nitrogens is 3. The summed E-state index contributed by atoms with van der Waals surface area (Å²) in [6.45, 7) is 0. The zero-order valence-corrected chi connectivity index (χ0v) is 12.9. The summed E-state index contributed by atoms with van der Waals surface area (Å²) in [5.74, 6) is 0.352. The Labute approximate surface area is 133 Å². The molecule has 1 aliphatic rings. The smallest absolute Gasteiger partial charge is 0.194 e. The van der Waals surface area contributed by atoms with Crippen LogP contribution in [0.3, 0.4) is 0 Å². The van der Waals surface area contributed by atoms with Gasteiger partial charge in [0.05, 0.1) is 12.2 Å². The minimum atomic E-state index is 0.315. The maximum Gasteiger partial charge on any atom is 0.194 e. The first-order chi connectivity index (χ1) is 10.7. The SMILES string of the molecule is Nc1ncc(-c2cnn(C3CCCCC3)c2)c2cc(Cl)oc12. The Hall–Kier alpha value is -2.01. The number of nitrogens with zero attached hydrogens (tertiary/aromatic N) is 3. The number of halogens is 1. The molecule has 1 fully saturated rings. The molecule has 0 bridgehead atoms. The molecule has 1 saturated carbocycles. The molecule has 114 valence electrons. The lowest BCUT2D eigenvalue weighted by Gasteiger charge is -2.21. The number of anilines is 1. The number of pyridine rings is 1. The molecule has 0 atom stereocenters. The molecule has 22 heavy (non-hydrogen) atoms. The lowest BCUT2D eigenvalue weighted by atomic mass is 9.96. The van der Waals surface area contributed by atoms with Gasteiger partial charge in [-0.2, -0.15) is 5.10 Å². The van der Waals surface area contributed by atoms with Gasteiger partial charge >= 0.3 is 0 Å². The lowest BCUT2D eigenvalue weighted by Crippen LogP contribution is -2.12. The summed E-state index contributed by atoms with van der Waals surface area (Å²) in [6, 6.07) is 2.29. The van der Waals surface area contributed by atoms with Crippen LogP contribution in [0.25, 0.3) is 22.1 Å². The molecular weight excluding hydrogens is 300 g/mol. The quantitative estimate of drug-likeness (QED) is 0.759. The second-order valence-corrected chi connectivity index (χ2v) is 6.22. The van der Waals surface area contributed by atoms with Crippen molar-refractivity contribution in [1.82, 2.24) is 14.8 Å². The first-order valence-electron chi connectivity index (χ1n) is 7.60. The molecule has 1 aliphatic carbocycles. The van der Waals surface area contributed by atoms with Crippen molar-refractivity contribution in [2.75, 3.05) is 5.73 Å². The summed E-state index contributed by atoms with van der Waals surface area (Å²) < 4.78 is 7.52. The van der Waals surface area contributed by atoms with Gasteiger partial charge in [0.1, 0.15) is 0 Å². The van der Waals surface area contributed by atoms with E-state index in [9.17, 15) is 0 Å². The van der Waals surface area contributed by atoms with Crippen LogP contribution < -0.4 is 5.73 Å². The molecule has 3 aromatic rings. The van der Waals surface area contributed by atoms with Crippen LogP contribution in [0.4, 0.5) is 5.82 Å². The van der Waals surface area contributed by atoms with Gasteiger partial charge in [0, 0.05) is 35.0 Å². The lowest BCUT2D eigenvalue weighted by molar-refractivity contribution is 0.329. The van der Waals surface area contributed by atoms with Crippen molar-refractivity contribution in [3.8, 4) is 11.1 Å². The third-order valence-corrected chi connectivity index (χ3v) is 4.61. The standard InChI is InChI=1S/C16H17ClN4O/c17-14-6-12-13(8-19-16(18)15(12)22-14)10-7-20-21(9-10)11-4-2-1-3-5-11/h6-9,11H,1-5H2,(H2,18,19). The largest absolute Gasteiger partial charge is 0.441 e. The van der Waals surface area contributed by atoms with Crippen LogP contribution in [0.1, 0.15) is 38.1 Å². The summed E-state index contributed by atoms with van der Waals surface area (Å²) in [7, 11) is 0. The van der Waals surface area contributed by atoms with Crippen LogP contribution in [-0.4, -0.2) is 14.8 Å². The fourth-order valence-corrected chi connectivity index (χ4v) is 3.45. The molecule has 3 aromatic heterocycles. The van der Waals surface area contributed by atoms with Crippen molar-refractivity contribution in [2.45, 2.75) is 38.1 Å². The highest BCUT2D eigenvalue weighted by molar-refractivity contribution is 6.30. The van der Waals surface area contributed by atoms with Crippen molar-refractivity contribution < 1.29 is 4.42 Å². The van der Waals surface area contributed by atoms with Crippen LogP contribution in [0.2, 0.25) is 5.22 Å². The van der Waals surface area contributed by atoms with Crippen molar-refractivity contribution in [3.63, 3.8) is 0 Å². The molecule has 0 radical (unpaired) electrons. The van der Waals surface area contributed by atoms with Crippen LogP contribution in [0.5, 0.6) is 0 Å². The van der Waals surface area contributed by atoms with Gasteiger partial charge < -0.3 is 10.2 Å². The highest BCUT2D eigenvalue weighted by Crippen LogP contribution is 2.35. The predicted octanol–water partition coefficient (Wildman–Crippen LogP) is 4.43. The zero-order valence-electron chi connectivity index (χ0n) is 12.1. The number of furan rings is 1. The fourth-order valence-electron chi connectivity index (χ4n) is 3.27. The third-order valence-electron chi connectivity index (χ3n) is 4.42. The van der Waals surface area contributed by atoms with Crippen molar-refractivity contribution in [2.24, 2.45) is 0 Å². The number of hydrogen-bond donors (Lipinski definition) is 1. The van der Waals surface area contributed by atoms with Gasteiger partial charge in [-0.15, -0.1) is 0 Å². The maximum atomic E-state index is 5.97. The van der Waals surface area contributed by atoms with Crippen LogP contribution in [-0.2, 0) is 0 Å². The monoisotopic (exact) mass is 316 g/mol. The number of fused-ring (bicyclic) bond motifs is 1. The molecule has 0 aliphatic heterocycles. The van der Waals surface area contributed by atoms with Crippen LogP contribution >= 0.6 is 11.6 Å². The summed E-state index contributed by atoms with van der Waals surface area (Å²) in [5.41, 5.74) is 8.35. The van der Waals surface area contributed by atoms with Gasteiger partial charge in [0.15, 0.2) is 16.6 Å². The summed E-state index contributed by atoms with van der Waals surface area (Å²) in [4.78, 5) is 4.21. The highest BCUT2D eigenvalue weighted by atomic mass is 35.5. The molecule has 0 amide bonds. The Bertz CT molecular complexity index is 817. The molecule has 0 aromatic carbocycles. The Morgan fingerprint density at radius 2 is 2.05 bits per heavy atom. The minimum absolute atomic E-state index is 0.315. The molecule has 0 saturated heterocycles. The zero-order chi connectivity index (χ0) is 15.1. The van der Waals surface area contributed by atoms with Gasteiger partial charge in [-0.1, -0.05) is 19.3 Å². The molecule has 3 heterocycles. The number of nitrogens with two attached hydrogens (primary N) is 1. The molecule has 2 N–H and O–H groups in total. The molecular formula is C16H17ClN4O. The van der Waals surface area contributed by atoms with Crippen molar-refractivity contribution in [1.29, 1.82) is 0 Å². The van der Waals surface area contributed by atoms with E-state index in [0.717, 1.165) is 16.5 Å². The average Bonchev–Trinajstić information content (AvgIpc) is 3.16. The highest BCUT2D eigenvalue weighted by Gasteiger charge is 2.18. The predicted molar refractivity (Wildman–Crippen MR) is 86.8 cm³/mol. The molecule has 0 unspecified atom stereocenters. The number of hydrogen-bond acceptors (Lipinski definition) is 4. The van der Waals surface area contributed by atoms with E-state index in [4.69, 9.17) is 21.8 Å². The van der Waals surface area contributed by atoms with Gasteiger partial charge in [-0.3, -0.25) is 4.68 Å². The molecule has 4 rings (SSSR count). The third kappa shape index (κ3) is 2.25. The van der Waals surface area contributed by atoms with E-state index < -0.39 is 0 Å². The molecule has 0 spiro atoms. The second-order valence-electron chi connectivity index (χ2n) is 5.85. The van der Waals surface area contributed by atoms with Gasteiger partial charge in [-0.25, -0.2) is 4.98 Å². The van der Waals surface area contributed by atoms with Crippen LogP contribution in [0.15, 0.2) is 29.1 Å². The Balaban J connectivity index is 1.76. The van der Waals surface area contributed by atoms with Crippen molar-refractivity contribution in [3.05, 3.63) is 29.9 Å². The van der Waals surface area contributed by atoms with Gasteiger partial charge in [-0.05, 0) is 24.4 Å². The van der Waals surface area contributed by atoms with E-state index in [1.54, 1.807) is 12.3 Å². The van der Waals surface area contributed by atoms with E-state index in [1.807, 2.05) is 6.20 Å². The minimum Gasteiger partial charge on any atom is -0.441 e. The number of nitrogen functional groups attached to an aromatic ring is 1. The molecule has 5 nitrogen and oxygen atoms in total. The van der Waals surface area contributed by atoms with E-state index >= 15 is 0 Å². The summed E-state index contributed by atoms with van der Waals surface area (Å²) in [5, 5.41) is 5.74.